The van der Waals surface area contributed by atoms with Crippen LogP contribution in [0.25, 0.3) is 0 Å². The summed E-state index contributed by atoms with van der Waals surface area (Å²) in [5, 5.41) is 7.50. The Morgan fingerprint density at radius 1 is 0.727 bits per heavy atom. The van der Waals surface area contributed by atoms with Gasteiger partial charge in [-0.2, -0.15) is 10.2 Å². The van der Waals surface area contributed by atoms with Crippen LogP contribution in [0.15, 0.2) is 46.7 Å². The summed E-state index contributed by atoms with van der Waals surface area (Å²) >= 11 is 0. The van der Waals surface area contributed by atoms with Crippen molar-refractivity contribution >= 4 is 12.4 Å². The standard InChI is InChI=1S/C9H10N2/c1-2-4-6-8-10-11-9-7-5-3-1/h1-2,4-9H,3H2/b2-1-,6-4+,7-5-,10-8-,11-9+. The molecule has 0 aromatic heterocycles. The molecule has 11 heavy (non-hydrogen) atoms. The Morgan fingerprint density at radius 2 is 1.45 bits per heavy atom. The first-order valence-corrected chi connectivity index (χ1v) is 3.53. The number of rotatable bonds is 0. The molecule has 0 saturated carbocycles. The van der Waals surface area contributed by atoms with Crippen molar-refractivity contribution in [3.63, 3.8) is 0 Å². The van der Waals surface area contributed by atoms with Gasteiger partial charge in [0.1, 0.15) is 0 Å². The highest BCUT2D eigenvalue weighted by Gasteiger charge is 1.70. The normalized spacial score (nSPS) is 31.3. The van der Waals surface area contributed by atoms with E-state index in [-0.39, 0.29) is 0 Å². The molecule has 56 valence electrons. The minimum absolute atomic E-state index is 0.941. The summed E-state index contributed by atoms with van der Waals surface area (Å²) in [6.45, 7) is 0. The zero-order valence-electron chi connectivity index (χ0n) is 6.22. The topological polar surface area (TPSA) is 24.7 Å². The summed E-state index contributed by atoms with van der Waals surface area (Å²) in [5.41, 5.74) is 0. The van der Waals surface area contributed by atoms with Crippen LogP contribution in [0.1, 0.15) is 6.42 Å². The van der Waals surface area contributed by atoms with Crippen LogP contribution in [-0.2, 0) is 0 Å². The molecule has 0 bridgehead atoms. The lowest BCUT2D eigenvalue weighted by Gasteiger charge is -1.75. The van der Waals surface area contributed by atoms with Crippen LogP contribution < -0.4 is 0 Å². The van der Waals surface area contributed by atoms with E-state index in [1.54, 1.807) is 12.4 Å². The van der Waals surface area contributed by atoms with Gasteiger partial charge >= 0.3 is 0 Å². The lowest BCUT2D eigenvalue weighted by Crippen LogP contribution is -1.63. The molecule has 0 aliphatic carbocycles. The number of hydrogen-bond donors (Lipinski definition) is 0. The first-order valence-electron chi connectivity index (χ1n) is 3.53. The van der Waals surface area contributed by atoms with Gasteiger partial charge in [0, 0.05) is 12.4 Å². The van der Waals surface area contributed by atoms with E-state index in [0.29, 0.717) is 0 Å². The first-order chi connectivity index (χ1) is 5.50. The molecule has 2 heteroatoms. The summed E-state index contributed by atoms with van der Waals surface area (Å²) in [7, 11) is 0. The van der Waals surface area contributed by atoms with Crippen LogP contribution in [0.3, 0.4) is 0 Å². The molecule has 0 saturated heterocycles. The van der Waals surface area contributed by atoms with E-state index in [4.69, 9.17) is 0 Å². The molecule has 0 atom stereocenters. The van der Waals surface area contributed by atoms with Crippen molar-refractivity contribution in [3.05, 3.63) is 36.5 Å². The maximum atomic E-state index is 3.75. The van der Waals surface area contributed by atoms with Crippen molar-refractivity contribution in [2.24, 2.45) is 10.2 Å². The Bertz CT molecular complexity index is 208. The minimum atomic E-state index is 0.941. The van der Waals surface area contributed by atoms with Crippen LogP contribution in [0, 0.1) is 0 Å². The second-order valence-electron chi connectivity index (χ2n) is 2.01. The Balaban J connectivity index is 2.61. The van der Waals surface area contributed by atoms with Gasteiger partial charge in [0.25, 0.3) is 0 Å². The third kappa shape index (κ3) is 4.03. The molecule has 0 radical (unpaired) electrons. The maximum absolute atomic E-state index is 3.75. The molecular formula is C9H10N2. The summed E-state index contributed by atoms with van der Waals surface area (Å²) in [5.74, 6) is 0. The van der Waals surface area contributed by atoms with Crippen molar-refractivity contribution < 1.29 is 0 Å². The fraction of sp³-hybridized carbons (Fsp3) is 0.111. The van der Waals surface area contributed by atoms with E-state index in [2.05, 4.69) is 16.3 Å². The van der Waals surface area contributed by atoms with E-state index in [9.17, 15) is 0 Å². The Hall–Kier alpha value is -1.44. The van der Waals surface area contributed by atoms with Crippen molar-refractivity contribution in [2.45, 2.75) is 6.42 Å². The molecule has 1 aliphatic rings. The van der Waals surface area contributed by atoms with Crippen LogP contribution in [-0.4, -0.2) is 12.4 Å². The smallest absolute Gasteiger partial charge is 0.0495 e. The molecule has 1 rings (SSSR count). The van der Waals surface area contributed by atoms with Gasteiger partial charge in [-0.05, 0) is 18.6 Å². The summed E-state index contributed by atoms with van der Waals surface area (Å²) in [6.07, 6.45) is 16.0. The SMILES string of the molecule is C1=C/C\C=C/C=N/N=C\C=C\1. The number of hydrogen-bond acceptors (Lipinski definition) is 2. The molecule has 1 heterocycles. The van der Waals surface area contributed by atoms with Gasteiger partial charge in [-0.25, -0.2) is 0 Å². The van der Waals surface area contributed by atoms with E-state index >= 15 is 0 Å². The highest BCUT2D eigenvalue weighted by atomic mass is 15.2. The van der Waals surface area contributed by atoms with Gasteiger partial charge in [0.15, 0.2) is 0 Å². The largest absolute Gasteiger partial charge is 0.159 e. The second-order valence-corrected chi connectivity index (χ2v) is 2.01. The highest BCUT2D eigenvalue weighted by Crippen LogP contribution is 1.87. The van der Waals surface area contributed by atoms with Gasteiger partial charge in [-0.15, -0.1) is 0 Å². The molecule has 2 nitrogen and oxygen atoms in total. The lowest BCUT2D eigenvalue weighted by atomic mass is 10.3. The Kier molecular flexibility index (Phi) is 3.73. The minimum Gasteiger partial charge on any atom is -0.159 e. The summed E-state index contributed by atoms with van der Waals surface area (Å²) < 4.78 is 0. The molecular weight excluding hydrogens is 136 g/mol. The lowest BCUT2D eigenvalue weighted by molar-refractivity contribution is 1.27. The first kappa shape index (κ1) is 7.66. The van der Waals surface area contributed by atoms with Gasteiger partial charge in [-0.1, -0.05) is 24.3 Å². The van der Waals surface area contributed by atoms with E-state index in [1.807, 2.05) is 30.4 Å². The van der Waals surface area contributed by atoms with E-state index < -0.39 is 0 Å². The fourth-order valence-corrected chi connectivity index (χ4v) is 0.643. The predicted octanol–water partition coefficient (Wildman–Crippen LogP) is 2.12. The number of allylic oxidation sites excluding steroid dienone is 6. The van der Waals surface area contributed by atoms with Crippen molar-refractivity contribution in [2.75, 3.05) is 0 Å². The van der Waals surface area contributed by atoms with Gasteiger partial charge in [0.2, 0.25) is 0 Å². The van der Waals surface area contributed by atoms with Crippen LogP contribution in [0.2, 0.25) is 0 Å². The van der Waals surface area contributed by atoms with Gasteiger partial charge < -0.3 is 0 Å². The molecule has 0 fully saturated rings. The quantitative estimate of drug-likeness (QED) is 0.500. The van der Waals surface area contributed by atoms with Crippen molar-refractivity contribution in [1.82, 2.24) is 0 Å². The second kappa shape index (κ2) is 5.35. The zero-order chi connectivity index (χ0) is 7.78. The molecule has 0 aromatic rings. The monoisotopic (exact) mass is 146 g/mol. The Labute approximate surface area is 66.3 Å². The van der Waals surface area contributed by atoms with Gasteiger partial charge in [-0.3, -0.25) is 0 Å². The molecule has 0 unspecified atom stereocenters. The van der Waals surface area contributed by atoms with Crippen molar-refractivity contribution in [3.8, 4) is 0 Å². The molecule has 0 N–H and O–H groups in total. The zero-order valence-corrected chi connectivity index (χ0v) is 6.22. The predicted molar refractivity (Wildman–Crippen MR) is 49.0 cm³/mol. The van der Waals surface area contributed by atoms with E-state index in [1.165, 1.54) is 0 Å². The summed E-state index contributed by atoms with van der Waals surface area (Å²) in [6, 6.07) is 0. The number of nitrogens with zero attached hydrogens (tertiary/aromatic N) is 2. The molecule has 0 amide bonds. The third-order valence-corrected chi connectivity index (χ3v) is 1.14. The molecule has 0 aromatic carbocycles. The van der Waals surface area contributed by atoms with Crippen LogP contribution >= 0.6 is 0 Å². The Morgan fingerprint density at radius 3 is 2.36 bits per heavy atom. The third-order valence-electron chi connectivity index (χ3n) is 1.14. The van der Waals surface area contributed by atoms with Crippen molar-refractivity contribution in [1.29, 1.82) is 0 Å². The average Bonchev–Trinajstić information content (AvgIpc) is 2.08. The molecule has 1 aliphatic heterocycles. The van der Waals surface area contributed by atoms with E-state index in [0.717, 1.165) is 6.42 Å². The van der Waals surface area contributed by atoms with Crippen LogP contribution in [0.5, 0.6) is 0 Å². The molecule has 0 spiro atoms. The average molecular weight is 146 g/mol. The van der Waals surface area contributed by atoms with Gasteiger partial charge in [0.05, 0.1) is 0 Å². The highest BCUT2D eigenvalue weighted by molar-refractivity contribution is 5.74. The summed E-state index contributed by atoms with van der Waals surface area (Å²) in [4.78, 5) is 0. The van der Waals surface area contributed by atoms with Crippen LogP contribution in [0.4, 0.5) is 0 Å². The fourth-order valence-electron chi connectivity index (χ4n) is 0.643. The maximum Gasteiger partial charge on any atom is 0.0495 e.